The van der Waals surface area contributed by atoms with Gasteiger partial charge in [-0.05, 0) is 31.6 Å². The van der Waals surface area contributed by atoms with E-state index < -0.39 is 0 Å². The van der Waals surface area contributed by atoms with Crippen LogP contribution in [0.4, 0.5) is 0 Å². The Labute approximate surface area is 147 Å². The number of para-hydroxylation sites is 1. The van der Waals surface area contributed by atoms with E-state index in [9.17, 15) is 9.59 Å². The van der Waals surface area contributed by atoms with E-state index in [0.717, 1.165) is 38.1 Å². The Morgan fingerprint density at radius 1 is 1.16 bits per heavy atom. The second-order valence-electron chi connectivity index (χ2n) is 6.72. The highest BCUT2D eigenvalue weighted by molar-refractivity contribution is 5.77. The van der Waals surface area contributed by atoms with Gasteiger partial charge in [0.05, 0.1) is 24.0 Å². The molecule has 2 heterocycles. The van der Waals surface area contributed by atoms with Gasteiger partial charge < -0.3 is 9.88 Å². The number of carbonyl (C=O) groups excluding carboxylic acids is 1. The molecule has 25 heavy (non-hydrogen) atoms. The summed E-state index contributed by atoms with van der Waals surface area (Å²) in [7, 11) is 3.57. The number of amides is 1. The first-order valence-corrected chi connectivity index (χ1v) is 8.66. The van der Waals surface area contributed by atoms with Crippen molar-refractivity contribution in [1.82, 2.24) is 24.7 Å². The van der Waals surface area contributed by atoms with Crippen molar-refractivity contribution in [1.29, 1.82) is 0 Å². The highest BCUT2D eigenvalue weighted by atomic mass is 16.2. The molecule has 0 spiro atoms. The van der Waals surface area contributed by atoms with Crippen molar-refractivity contribution in [3.05, 3.63) is 40.4 Å². The number of aromatic nitrogens is 2. The molecule has 0 bridgehead atoms. The minimum absolute atomic E-state index is 0.0892. The van der Waals surface area contributed by atoms with Crippen LogP contribution in [-0.2, 0) is 11.3 Å². The maximum atomic E-state index is 12.2. The van der Waals surface area contributed by atoms with Crippen molar-refractivity contribution in [2.45, 2.75) is 13.0 Å². The number of carbonyl (C=O) groups is 1. The average Bonchev–Trinajstić information content (AvgIpc) is 2.80. The lowest BCUT2D eigenvalue weighted by Crippen LogP contribution is -2.38. The fraction of sp³-hybridized carbons (Fsp3) is 0.500. The number of benzene rings is 1. The third-order valence-corrected chi connectivity index (χ3v) is 4.57. The summed E-state index contributed by atoms with van der Waals surface area (Å²) in [4.78, 5) is 37.6. The second-order valence-corrected chi connectivity index (χ2v) is 6.72. The van der Waals surface area contributed by atoms with Gasteiger partial charge >= 0.3 is 0 Å². The standard InChI is InChI=1S/C18H25N5O2/c1-21(2)17(24)13-23-9-5-8-22(10-11-23)12-16-19-15-7-4-3-6-14(15)18(25)20-16/h3-4,6-7H,5,8-13H2,1-2H3,(H,19,20,25). The molecule has 1 amide bonds. The van der Waals surface area contributed by atoms with E-state index >= 15 is 0 Å². The molecule has 0 atom stereocenters. The number of nitrogens with one attached hydrogen (secondary N) is 1. The van der Waals surface area contributed by atoms with Gasteiger partial charge in [0.2, 0.25) is 5.91 Å². The molecule has 0 unspecified atom stereocenters. The summed E-state index contributed by atoms with van der Waals surface area (Å²) in [6, 6.07) is 7.39. The smallest absolute Gasteiger partial charge is 0.258 e. The average molecular weight is 343 g/mol. The van der Waals surface area contributed by atoms with Crippen LogP contribution < -0.4 is 5.56 Å². The molecule has 0 radical (unpaired) electrons. The summed E-state index contributed by atoms with van der Waals surface area (Å²) < 4.78 is 0. The number of nitrogens with zero attached hydrogens (tertiary/aromatic N) is 4. The molecule has 134 valence electrons. The fourth-order valence-electron chi connectivity index (χ4n) is 3.09. The lowest BCUT2D eigenvalue weighted by atomic mass is 10.2. The van der Waals surface area contributed by atoms with Crippen molar-refractivity contribution in [2.24, 2.45) is 0 Å². The molecule has 1 N–H and O–H groups in total. The van der Waals surface area contributed by atoms with Crippen LogP contribution in [0.2, 0.25) is 0 Å². The van der Waals surface area contributed by atoms with E-state index in [4.69, 9.17) is 0 Å². The zero-order chi connectivity index (χ0) is 17.8. The minimum atomic E-state index is -0.0892. The van der Waals surface area contributed by atoms with Crippen LogP contribution in [-0.4, -0.2) is 77.4 Å². The van der Waals surface area contributed by atoms with Gasteiger partial charge in [0.15, 0.2) is 0 Å². The molecule has 3 rings (SSSR count). The predicted molar refractivity (Wildman–Crippen MR) is 97.4 cm³/mol. The minimum Gasteiger partial charge on any atom is -0.348 e. The summed E-state index contributed by atoms with van der Waals surface area (Å²) in [6.45, 7) is 4.64. The molecule has 1 aliphatic rings. The van der Waals surface area contributed by atoms with E-state index in [-0.39, 0.29) is 11.5 Å². The van der Waals surface area contributed by atoms with E-state index in [0.29, 0.717) is 24.3 Å². The number of fused-ring (bicyclic) bond motifs is 1. The SMILES string of the molecule is CN(C)C(=O)CN1CCCN(Cc2nc3ccccc3c(=O)[nH]2)CC1. The Morgan fingerprint density at radius 3 is 2.68 bits per heavy atom. The first-order chi connectivity index (χ1) is 12.0. The molecule has 1 fully saturated rings. The fourth-order valence-corrected chi connectivity index (χ4v) is 3.09. The van der Waals surface area contributed by atoms with E-state index in [1.54, 1.807) is 25.1 Å². The lowest BCUT2D eigenvalue weighted by molar-refractivity contribution is -0.129. The van der Waals surface area contributed by atoms with Crippen LogP contribution in [0.1, 0.15) is 12.2 Å². The molecule has 0 saturated carbocycles. The summed E-state index contributed by atoms with van der Waals surface area (Å²) in [5.41, 5.74) is 0.642. The Kier molecular flexibility index (Phi) is 5.45. The van der Waals surface area contributed by atoms with Crippen LogP contribution in [0.25, 0.3) is 10.9 Å². The van der Waals surface area contributed by atoms with Crippen LogP contribution in [0.3, 0.4) is 0 Å². The Balaban J connectivity index is 1.64. The number of hydrogen-bond acceptors (Lipinski definition) is 5. The molecule has 0 aliphatic carbocycles. The van der Waals surface area contributed by atoms with Crippen LogP contribution >= 0.6 is 0 Å². The molecule has 2 aromatic rings. The Bertz CT molecular complexity index is 801. The van der Waals surface area contributed by atoms with Crippen molar-refractivity contribution < 1.29 is 4.79 Å². The van der Waals surface area contributed by atoms with Gasteiger partial charge in [0, 0.05) is 27.2 Å². The highest BCUT2D eigenvalue weighted by Gasteiger charge is 2.18. The molecule has 7 nitrogen and oxygen atoms in total. The van der Waals surface area contributed by atoms with Gasteiger partial charge in [-0.1, -0.05) is 12.1 Å². The largest absolute Gasteiger partial charge is 0.348 e. The lowest BCUT2D eigenvalue weighted by Gasteiger charge is -2.22. The molecule has 7 heteroatoms. The molecular formula is C18H25N5O2. The number of likely N-dealkylation sites (N-methyl/N-ethyl adjacent to an activating group) is 1. The van der Waals surface area contributed by atoms with E-state index in [2.05, 4.69) is 19.8 Å². The summed E-state index contributed by atoms with van der Waals surface area (Å²) in [5, 5.41) is 0.621. The van der Waals surface area contributed by atoms with Crippen molar-refractivity contribution in [3.8, 4) is 0 Å². The normalized spacial score (nSPS) is 16.7. The monoisotopic (exact) mass is 343 g/mol. The zero-order valence-corrected chi connectivity index (χ0v) is 14.9. The molecule has 1 aliphatic heterocycles. The van der Waals surface area contributed by atoms with Crippen LogP contribution in [0.5, 0.6) is 0 Å². The third kappa shape index (κ3) is 4.43. The number of aromatic amines is 1. The summed E-state index contributed by atoms with van der Waals surface area (Å²) in [5.74, 6) is 0.829. The Morgan fingerprint density at radius 2 is 1.88 bits per heavy atom. The molecule has 1 aromatic carbocycles. The first kappa shape index (κ1) is 17.6. The van der Waals surface area contributed by atoms with Crippen LogP contribution in [0.15, 0.2) is 29.1 Å². The van der Waals surface area contributed by atoms with Gasteiger partial charge in [0.25, 0.3) is 5.56 Å². The molecule has 1 aromatic heterocycles. The van der Waals surface area contributed by atoms with Crippen molar-refractivity contribution >= 4 is 16.8 Å². The van der Waals surface area contributed by atoms with Gasteiger partial charge in [0.1, 0.15) is 5.82 Å². The van der Waals surface area contributed by atoms with Gasteiger partial charge in [-0.25, -0.2) is 4.98 Å². The third-order valence-electron chi connectivity index (χ3n) is 4.57. The first-order valence-electron chi connectivity index (χ1n) is 8.66. The van der Waals surface area contributed by atoms with Crippen LogP contribution in [0, 0.1) is 0 Å². The number of rotatable bonds is 4. The topological polar surface area (TPSA) is 72.5 Å². The van der Waals surface area contributed by atoms with E-state index in [1.165, 1.54) is 0 Å². The van der Waals surface area contributed by atoms with Gasteiger partial charge in [-0.2, -0.15) is 0 Å². The van der Waals surface area contributed by atoms with Gasteiger partial charge in [-0.15, -0.1) is 0 Å². The van der Waals surface area contributed by atoms with Gasteiger partial charge in [-0.3, -0.25) is 19.4 Å². The van der Waals surface area contributed by atoms with E-state index in [1.807, 2.05) is 18.2 Å². The zero-order valence-electron chi connectivity index (χ0n) is 14.9. The van der Waals surface area contributed by atoms with Crippen molar-refractivity contribution in [2.75, 3.05) is 46.8 Å². The Hall–Kier alpha value is -2.25. The maximum absolute atomic E-state index is 12.2. The maximum Gasteiger partial charge on any atom is 0.258 e. The van der Waals surface area contributed by atoms with Crippen molar-refractivity contribution in [3.63, 3.8) is 0 Å². The highest BCUT2D eigenvalue weighted by Crippen LogP contribution is 2.09. The number of hydrogen-bond donors (Lipinski definition) is 1. The molecular weight excluding hydrogens is 318 g/mol. The molecule has 1 saturated heterocycles. The predicted octanol–water partition coefficient (Wildman–Crippen LogP) is 0.519. The number of H-pyrrole nitrogens is 1. The quantitative estimate of drug-likeness (QED) is 0.876. The summed E-state index contributed by atoms with van der Waals surface area (Å²) >= 11 is 0. The second kappa shape index (κ2) is 7.76. The summed E-state index contributed by atoms with van der Waals surface area (Å²) in [6.07, 6.45) is 0.999.